The summed E-state index contributed by atoms with van der Waals surface area (Å²) in [6.07, 6.45) is 5.66. The van der Waals surface area contributed by atoms with E-state index < -0.39 is 0 Å². The Hall–Kier alpha value is -0.800. The third-order valence-electron chi connectivity index (χ3n) is 2.76. The molecular weight excluding hydrogens is 202 g/mol. The number of nitrogens with one attached hydrogen (secondary N) is 1. The fourth-order valence-electron chi connectivity index (χ4n) is 1.61. The molecule has 3 heteroatoms. The van der Waals surface area contributed by atoms with E-state index >= 15 is 0 Å². The normalized spacial score (nSPS) is 15.6. The van der Waals surface area contributed by atoms with Crippen LogP contribution in [0.3, 0.4) is 0 Å². The van der Waals surface area contributed by atoms with Crippen LogP contribution in [0, 0.1) is 5.92 Å². The molecule has 0 spiro atoms. The Morgan fingerprint density at radius 2 is 2.38 bits per heavy atom. The van der Waals surface area contributed by atoms with Crippen molar-refractivity contribution >= 4 is 0 Å². The van der Waals surface area contributed by atoms with E-state index in [2.05, 4.69) is 18.3 Å². The first-order chi connectivity index (χ1) is 7.88. The predicted octanol–water partition coefficient (Wildman–Crippen LogP) is 2.71. The lowest BCUT2D eigenvalue weighted by molar-refractivity contribution is 0.0973. The van der Waals surface area contributed by atoms with Crippen LogP contribution in [-0.2, 0) is 17.9 Å². The molecule has 16 heavy (non-hydrogen) atoms. The second-order valence-electron chi connectivity index (χ2n) is 4.56. The second-order valence-corrected chi connectivity index (χ2v) is 4.56. The average Bonchev–Trinajstić information content (AvgIpc) is 2.99. The van der Waals surface area contributed by atoms with E-state index in [1.165, 1.54) is 18.4 Å². The number of rotatable bonds is 8. The van der Waals surface area contributed by atoms with Crippen LogP contribution in [0.5, 0.6) is 0 Å². The predicted molar refractivity (Wildman–Crippen MR) is 63.1 cm³/mol. The van der Waals surface area contributed by atoms with Crippen LogP contribution < -0.4 is 5.32 Å². The highest BCUT2D eigenvalue weighted by Crippen LogP contribution is 2.29. The summed E-state index contributed by atoms with van der Waals surface area (Å²) in [6, 6.07) is 2.08. The summed E-state index contributed by atoms with van der Waals surface area (Å²) < 4.78 is 11.0. The minimum atomic E-state index is 0.615. The smallest absolute Gasteiger partial charge is 0.129 e. The van der Waals surface area contributed by atoms with Gasteiger partial charge in [-0.25, -0.2) is 0 Å². The minimum Gasteiger partial charge on any atom is -0.467 e. The van der Waals surface area contributed by atoms with Gasteiger partial charge in [0.25, 0.3) is 0 Å². The van der Waals surface area contributed by atoms with Crippen LogP contribution in [0.15, 0.2) is 16.7 Å². The van der Waals surface area contributed by atoms with Gasteiger partial charge in [-0.2, -0.15) is 0 Å². The molecular formula is C13H21NO2. The van der Waals surface area contributed by atoms with Gasteiger partial charge in [0.1, 0.15) is 12.4 Å². The molecule has 0 amide bonds. The van der Waals surface area contributed by atoms with Crippen LogP contribution in [0.4, 0.5) is 0 Å². The fraction of sp³-hybridized carbons (Fsp3) is 0.692. The van der Waals surface area contributed by atoms with Crippen molar-refractivity contribution in [2.75, 3.05) is 13.2 Å². The van der Waals surface area contributed by atoms with Gasteiger partial charge in [-0.1, -0.05) is 6.92 Å². The molecule has 0 unspecified atom stereocenters. The van der Waals surface area contributed by atoms with Crippen molar-refractivity contribution in [3.8, 4) is 0 Å². The zero-order valence-electron chi connectivity index (χ0n) is 10.00. The van der Waals surface area contributed by atoms with Gasteiger partial charge < -0.3 is 14.5 Å². The maximum atomic E-state index is 5.57. The number of hydrogen-bond donors (Lipinski definition) is 1. The molecule has 1 aromatic rings. The van der Waals surface area contributed by atoms with Gasteiger partial charge in [-0.15, -0.1) is 0 Å². The van der Waals surface area contributed by atoms with Crippen LogP contribution in [0.2, 0.25) is 0 Å². The summed E-state index contributed by atoms with van der Waals surface area (Å²) in [5, 5.41) is 3.35. The first-order valence-electron chi connectivity index (χ1n) is 6.23. The molecule has 3 nitrogen and oxygen atoms in total. The molecule has 1 aliphatic rings. The molecule has 0 saturated heterocycles. The molecule has 0 aliphatic heterocycles. The Kier molecular flexibility index (Phi) is 4.43. The van der Waals surface area contributed by atoms with Crippen molar-refractivity contribution in [3.05, 3.63) is 23.7 Å². The van der Waals surface area contributed by atoms with E-state index in [0.29, 0.717) is 6.61 Å². The van der Waals surface area contributed by atoms with Gasteiger partial charge in [-0.3, -0.25) is 0 Å². The molecule has 1 saturated carbocycles. The Bertz CT molecular complexity index is 305. The highest BCUT2D eigenvalue weighted by atomic mass is 16.5. The van der Waals surface area contributed by atoms with E-state index in [-0.39, 0.29) is 0 Å². The zero-order valence-corrected chi connectivity index (χ0v) is 10.00. The van der Waals surface area contributed by atoms with Crippen molar-refractivity contribution in [3.63, 3.8) is 0 Å². The third kappa shape index (κ3) is 3.99. The monoisotopic (exact) mass is 223 g/mol. The van der Waals surface area contributed by atoms with Crippen molar-refractivity contribution in [2.45, 2.75) is 39.3 Å². The van der Waals surface area contributed by atoms with E-state index in [9.17, 15) is 0 Å². The lowest BCUT2D eigenvalue weighted by Crippen LogP contribution is -2.13. The zero-order chi connectivity index (χ0) is 11.2. The Balaban J connectivity index is 1.64. The first-order valence-corrected chi connectivity index (χ1v) is 6.23. The topological polar surface area (TPSA) is 34.4 Å². The molecule has 0 atom stereocenters. The standard InChI is InChI=1S/C13H21NO2/c1-2-5-14-7-12-6-13(16-9-12)10-15-8-11-3-4-11/h6,9,11,14H,2-5,7-8,10H2,1H3. The lowest BCUT2D eigenvalue weighted by Gasteiger charge is -1.99. The molecule has 0 bridgehead atoms. The minimum absolute atomic E-state index is 0.615. The fourth-order valence-corrected chi connectivity index (χ4v) is 1.61. The van der Waals surface area contributed by atoms with Crippen LogP contribution >= 0.6 is 0 Å². The Morgan fingerprint density at radius 1 is 1.50 bits per heavy atom. The summed E-state index contributed by atoms with van der Waals surface area (Å²) >= 11 is 0. The number of hydrogen-bond acceptors (Lipinski definition) is 3. The van der Waals surface area contributed by atoms with Crippen molar-refractivity contribution < 1.29 is 9.15 Å². The summed E-state index contributed by atoms with van der Waals surface area (Å²) in [5.74, 6) is 1.76. The molecule has 1 fully saturated rings. The maximum absolute atomic E-state index is 5.57. The Labute approximate surface area is 97.2 Å². The maximum Gasteiger partial charge on any atom is 0.129 e. The van der Waals surface area contributed by atoms with Gasteiger partial charge in [0.2, 0.25) is 0 Å². The lowest BCUT2D eigenvalue weighted by atomic mass is 10.3. The average molecular weight is 223 g/mol. The molecule has 1 N–H and O–H groups in total. The first kappa shape index (κ1) is 11.7. The summed E-state index contributed by atoms with van der Waals surface area (Å²) in [4.78, 5) is 0. The van der Waals surface area contributed by atoms with Crippen LogP contribution in [0.1, 0.15) is 37.5 Å². The Morgan fingerprint density at radius 3 is 3.12 bits per heavy atom. The summed E-state index contributed by atoms with van der Waals surface area (Å²) in [5.41, 5.74) is 1.21. The molecule has 0 radical (unpaired) electrons. The van der Waals surface area contributed by atoms with E-state index in [1.807, 2.05) is 6.26 Å². The van der Waals surface area contributed by atoms with Crippen LogP contribution in [0.25, 0.3) is 0 Å². The van der Waals surface area contributed by atoms with Crippen molar-refractivity contribution in [1.82, 2.24) is 5.32 Å². The van der Waals surface area contributed by atoms with Crippen LogP contribution in [-0.4, -0.2) is 13.2 Å². The quantitative estimate of drug-likeness (QED) is 0.688. The summed E-state index contributed by atoms with van der Waals surface area (Å²) in [7, 11) is 0. The van der Waals surface area contributed by atoms with E-state index in [1.54, 1.807) is 0 Å². The SMILES string of the molecule is CCCNCc1coc(COCC2CC2)c1. The van der Waals surface area contributed by atoms with Gasteiger partial charge in [0.15, 0.2) is 0 Å². The molecule has 1 heterocycles. The second kappa shape index (κ2) is 6.06. The molecule has 2 rings (SSSR count). The van der Waals surface area contributed by atoms with Gasteiger partial charge >= 0.3 is 0 Å². The van der Waals surface area contributed by atoms with E-state index in [0.717, 1.165) is 37.8 Å². The highest BCUT2D eigenvalue weighted by molar-refractivity contribution is 5.11. The van der Waals surface area contributed by atoms with Crippen molar-refractivity contribution in [1.29, 1.82) is 0 Å². The van der Waals surface area contributed by atoms with Gasteiger partial charge in [0, 0.05) is 18.7 Å². The molecule has 90 valence electrons. The van der Waals surface area contributed by atoms with Crippen molar-refractivity contribution in [2.24, 2.45) is 5.92 Å². The summed E-state index contributed by atoms with van der Waals surface area (Å²) in [6.45, 7) is 5.62. The number of ether oxygens (including phenoxy) is 1. The highest BCUT2D eigenvalue weighted by Gasteiger charge is 2.21. The molecule has 1 aliphatic carbocycles. The number of furan rings is 1. The molecule has 1 aromatic heterocycles. The largest absolute Gasteiger partial charge is 0.467 e. The van der Waals surface area contributed by atoms with Gasteiger partial charge in [0.05, 0.1) is 6.26 Å². The van der Waals surface area contributed by atoms with Gasteiger partial charge in [-0.05, 0) is 37.8 Å². The third-order valence-corrected chi connectivity index (χ3v) is 2.76. The van der Waals surface area contributed by atoms with E-state index in [4.69, 9.17) is 9.15 Å². The molecule has 0 aromatic carbocycles.